The first-order chi connectivity index (χ1) is 8.14. The number of fused-ring (bicyclic) bond motifs is 2. The van der Waals surface area contributed by atoms with Crippen LogP contribution in [-0.2, 0) is 10.2 Å². The van der Waals surface area contributed by atoms with Gasteiger partial charge in [-0.1, -0.05) is 18.9 Å². The molecule has 3 heteroatoms. The molecule has 1 amide bonds. The molecule has 90 valence electrons. The van der Waals surface area contributed by atoms with Crippen molar-refractivity contribution in [3.63, 3.8) is 0 Å². The van der Waals surface area contributed by atoms with Crippen LogP contribution in [0.4, 0.5) is 10.1 Å². The van der Waals surface area contributed by atoms with Gasteiger partial charge in [-0.3, -0.25) is 4.79 Å². The molecule has 2 nitrogen and oxygen atoms in total. The Balaban J connectivity index is 2.18. The molecule has 1 fully saturated rings. The summed E-state index contributed by atoms with van der Waals surface area (Å²) < 4.78 is 14.1. The maximum atomic E-state index is 14.1. The van der Waals surface area contributed by atoms with Gasteiger partial charge < -0.3 is 4.90 Å². The molecule has 1 aliphatic carbocycles. The lowest BCUT2D eigenvalue weighted by Crippen LogP contribution is -2.34. The molecule has 1 saturated carbocycles. The molecule has 0 unspecified atom stereocenters. The van der Waals surface area contributed by atoms with Gasteiger partial charge >= 0.3 is 0 Å². The summed E-state index contributed by atoms with van der Waals surface area (Å²) in [5.41, 5.74) is 1.47. The fourth-order valence-corrected chi connectivity index (χ4v) is 3.47. The molecule has 1 aliphatic heterocycles. The van der Waals surface area contributed by atoms with E-state index in [2.05, 4.69) is 0 Å². The molecule has 1 spiro atoms. The number of rotatable bonds is 0. The van der Waals surface area contributed by atoms with Gasteiger partial charge in [0.15, 0.2) is 0 Å². The van der Waals surface area contributed by atoms with Gasteiger partial charge in [0, 0.05) is 24.4 Å². The van der Waals surface area contributed by atoms with Crippen molar-refractivity contribution in [2.45, 2.75) is 38.0 Å². The minimum absolute atomic E-state index is 0.0145. The highest BCUT2D eigenvalue weighted by atomic mass is 19.1. The standard InChI is InChI=1S/C14H16FNO/c1-10(17)16-9-14(7-2-3-8-14)13-11(15)5-4-6-12(13)16/h4-6H,2-3,7-9H2,1H3. The largest absolute Gasteiger partial charge is 0.311 e. The maximum absolute atomic E-state index is 14.1. The molecular formula is C14H16FNO. The van der Waals surface area contributed by atoms with Gasteiger partial charge in [-0.05, 0) is 25.0 Å². The summed E-state index contributed by atoms with van der Waals surface area (Å²) >= 11 is 0. The molecule has 1 heterocycles. The lowest BCUT2D eigenvalue weighted by atomic mass is 9.80. The maximum Gasteiger partial charge on any atom is 0.223 e. The average Bonchev–Trinajstić information content (AvgIpc) is 2.87. The summed E-state index contributed by atoms with van der Waals surface area (Å²) in [5, 5.41) is 0. The molecule has 0 N–H and O–H groups in total. The minimum atomic E-state index is -0.145. The van der Waals surface area contributed by atoms with Crippen LogP contribution in [0.5, 0.6) is 0 Å². The van der Waals surface area contributed by atoms with E-state index in [-0.39, 0.29) is 17.1 Å². The SMILES string of the molecule is CC(=O)N1CC2(CCCC2)c2c(F)cccc21. The Morgan fingerprint density at radius 3 is 2.71 bits per heavy atom. The summed E-state index contributed by atoms with van der Waals surface area (Å²) in [6.07, 6.45) is 4.29. The Hall–Kier alpha value is -1.38. The van der Waals surface area contributed by atoms with Crippen molar-refractivity contribution in [1.29, 1.82) is 0 Å². The number of benzene rings is 1. The molecular weight excluding hydrogens is 217 g/mol. The van der Waals surface area contributed by atoms with E-state index in [0.717, 1.165) is 36.9 Å². The fraction of sp³-hybridized carbons (Fsp3) is 0.500. The van der Waals surface area contributed by atoms with Crippen LogP contribution in [0.1, 0.15) is 38.2 Å². The van der Waals surface area contributed by atoms with Crippen molar-refractivity contribution in [2.75, 3.05) is 11.4 Å². The zero-order chi connectivity index (χ0) is 12.0. The van der Waals surface area contributed by atoms with E-state index < -0.39 is 0 Å². The van der Waals surface area contributed by atoms with E-state index in [9.17, 15) is 9.18 Å². The monoisotopic (exact) mass is 233 g/mol. The predicted octanol–water partition coefficient (Wildman–Crippen LogP) is 3.00. The Morgan fingerprint density at radius 2 is 2.06 bits per heavy atom. The predicted molar refractivity (Wildman–Crippen MR) is 64.6 cm³/mol. The van der Waals surface area contributed by atoms with Crippen molar-refractivity contribution < 1.29 is 9.18 Å². The zero-order valence-corrected chi connectivity index (χ0v) is 10.0. The van der Waals surface area contributed by atoms with Crippen molar-refractivity contribution >= 4 is 11.6 Å². The van der Waals surface area contributed by atoms with Crippen LogP contribution in [0.3, 0.4) is 0 Å². The second kappa shape index (κ2) is 3.56. The summed E-state index contributed by atoms with van der Waals surface area (Å²) in [5.74, 6) is -0.131. The van der Waals surface area contributed by atoms with Crippen molar-refractivity contribution in [3.8, 4) is 0 Å². The van der Waals surface area contributed by atoms with E-state index in [0.29, 0.717) is 6.54 Å². The molecule has 2 aliphatic rings. The molecule has 0 saturated heterocycles. The molecule has 1 aromatic carbocycles. The Labute approximate surface area is 100 Å². The van der Waals surface area contributed by atoms with Crippen LogP contribution in [0.15, 0.2) is 18.2 Å². The quantitative estimate of drug-likeness (QED) is 0.674. The zero-order valence-electron chi connectivity index (χ0n) is 10.0. The molecule has 1 aromatic rings. The van der Waals surface area contributed by atoms with E-state index in [1.807, 2.05) is 6.07 Å². The number of nitrogens with zero attached hydrogens (tertiary/aromatic N) is 1. The van der Waals surface area contributed by atoms with E-state index >= 15 is 0 Å². The molecule has 3 rings (SSSR count). The van der Waals surface area contributed by atoms with Gasteiger partial charge in [-0.25, -0.2) is 4.39 Å². The number of anilines is 1. The van der Waals surface area contributed by atoms with Crippen LogP contribution in [0.2, 0.25) is 0 Å². The average molecular weight is 233 g/mol. The number of carbonyl (C=O) groups is 1. The van der Waals surface area contributed by atoms with Crippen LogP contribution in [0.25, 0.3) is 0 Å². The van der Waals surface area contributed by atoms with Gasteiger partial charge in [0.2, 0.25) is 5.91 Å². The van der Waals surface area contributed by atoms with E-state index in [1.54, 1.807) is 17.9 Å². The van der Waals surface area contributed by atoms with Crippen LogP contribution < -0.4 is 4.90 Å². The summed E-state index contributed by atoms with van der Waals surface area (Å²) in [6, 6.07) is 5.08. The fourth-order valence-electron chi connectivity index (χ4n) is 3.47. The lowest BCUT2D eigenvalue weighted by Gasteiger charge is -2.24. The second-order valence-electron chi connectivity index (χ2n) is 5.23. The molecule has 0 atom stereocenters. The Morgan fingerprint density at radius 1 is 1.35 bits per heavy atom. The highest BCUT2D eigenvalue weighted by Crippen LogP contribution is 2.51. The smallest absolute Gasteiger partial charge is 0.223 e. The number of amides is 1. The number of hydrogen-bond donors (Lipinski definition) is 0. The van der Waals surface area contributed by atoms with Crippen LogP contribution >= 0.6 is 0 Å². The molecule has 0 aromatic heterocycles. The number of halogens is 1. The summed E-state index contributed by atoms with van der Waals surface area (Å²) in [6.45, 7) is 2.22. The Kier molecular flexibility index (Phi) is 2.25. The third kappa shape index (κ3) is 1.41. The Bertz CT molecular complexity index is 477. The van der Waals surface area contributed by atoms with Gasteiger partial charge in [-0.2, -0.15) is 0 Å². The van der Waals surface area contributed by atoms with Gasteiger partial charge in [0.25, 0.3) is 0 Å². The minimum Gasteiger partial charge on any atom is -0.311 e. The summed E-state index contributed by atoms with van der Waals surface area (Å²) in [7, 11) is 0. The van der Waals surface area contributed by atoms with Gasteiger partial charge in [0.05, 0.1) is 5.69 Å². The number of hydrogen-bond acceptors (Lipinski definition) is 1. The highest BCUT2D eigenvalue weighted by molar-refractivity contribution is 5.94. The number of carbonyl (C=O) groups excluding carboxylic acids is 1. The van der Waals surface area contributed by atoms with Crippen molar-refractivity contribution in [1.82, 2.24) is 0 Å². The summed E-state index contributed by atoms with van der Waals surface area (Å²) in [4.78, 5) is 13.4. The second-order valence-corrected chi connectivity index (χ2v) is 5.23. The molecule has 0 bridgehead atoms. The van der Waals surface area contributed by atoms with Crippen LogP contribution in [-0.4, -0.2) is 12.5 Å². The van der Waals surface area contributed by atoms with E-state index in [1.165, 1.54) is 6.07 Å². The lowest BCUT2D eigenvalue weighted by molar-refractivity contribution is -0.116. The third-order valence-electron chi connectivity index (χ3n) is 4.21. The first-order valence-corrected chi connectivity index (χ1v) is 6.21. The van der Waals surface area contributed by atoms with Gasteiger partial charge in [0.1, 0.15) is 5.82 Å². The normalized spacial score (nSPS) is 20.9. The van der Waals surface area contributed by atoms with Gasteiger partial charge in [-0.15, -0.1) is 0 Å². The molecule has 0 radical (unpaired) electrons. The van der Waals surface area contributed by atoms with Crippen LogP contribution in [0, 0.1) is 5.82 Å². The highest BCUT2D eigenvalue weighted by Gasteiger charge is 2.47. The first-order valence-electron chi connectivity index (χ1n) is 6.21. The van der Waals surface area contributed by atoms with E-state index in [4.69, 9.17) is 0 Å². The first kappa shape index (κ1) is 10.8. The topological polar surface area (TPSA) is 20.3 Å². The van der Waals surface area contributed by atoms with Crippen molar-refractivity contribution in [3.05, 3.63) is 29.6 Å². The molecule has 17 heavy (non-hydrogen) atoms. The third-order valence-corrected chi connectivity index (χ3v) is 4.21. The van der Waals surface area contributed by atoms with Crippen molar-refractivity contribution in [2.24, 2.45) is 0 Å².